The first-order valence-corrected chi connectivity index (χ1v) is 4.78. The van der Waals surface area contributed by atoms with E-state index in [9.17, 15) is 5.11 Å². The van der Waals surface area contributed by atoms with Gasteiger partial charge in [0, 0.05) is 6.04 Å². The number of benzene rings is 1. The van der Waals surface area contributed by atoms with Gasteiger partial charge in [0.25, 0.3) is 0 Å². The SMILES string of the molecule is C[C@@H]1CN[C@@H](c2cccc(O)c2)C1. The second kappa shape index (κ2) is 3.38. The zero-order valence-electron chi connectivity index (χ0n) is 7.83. The molecule has 1 fully saturated rings. The molecular weight excluding hydrogens is 162 g/mol. The zero-order valence-corrected chi connectivity index (χ0v) is 7.83. The van der Waals surface area contributed by atoms with Gasteiger partial charge in [-0.25, -0.2) is 0 Å². The molecule has 0 unspecified atom stereocenters. The van der Waals surface area contributed by atoms with Gasteiger partial charge in [0.1, 0.15) is 5.75 Å². The highest BCUT2D eigenvalue weighted by molar-refractivity contribution is 5.29. The molecule has 2 rings (SSSR count). The van der Waals surface area contributed by atoms with Gasteiger partial charge in [0.05, 0.1) is 0 Å². The molecule has 1 aromatic rings. The molecule has 13 heavy (non-hydrogen) atoms. The molecule has 0 radical (unpaired) electrons. The van der Waals surface area contributed by atoms with Crippen molar-refractivity contribution in [3.05, 3.63) is 29.8 Å². The fourth-order valence-corrected chi connectivity index (χ4v) is 1.91. The van der Waals surface area contributed by atoms with Crippen molar-refractivity contribution in [2.24, 2.45) is 5.92 Å². The maximum absolute atomic E-state index is 9.31. The molecule has 1 aliphatic rings. The van der Waals surface area contributed by atoms with Crippen molar-refractivity contribution in [3.63, 3.8) is 0 Å². The Morgan fingerprint density at radius 2 is 2.31 bits per heavy atom. The van der Waals surface area contributed by atoms with E-state index in [2.05, 4.69) is 18.3 Å². The Hall–Kier alpha value is -1.02. The largest absolute Gasteiger partial charge is 0.508 e. The van der Waals surface area contributed by atoms with Crippen LogP contribution in [0.2, 0.25) is 0 Å². The van der Waals surface area contributed by atoms with Gasteiger partial charge in [-0.1, -0.05) is 19.1 Å². The Morgan fingerprint density at radius 1 is 1.46 bits per heavy atom. The number of aromatic hydroxyl groups is 1. The average Bonchev–Trinajstić information content (AvgIpc) is 2.52. The Bertz CT molecular complexity index is 298. The van der Waals surface area contributed by atoms with Crippen LogP contribution in [0.25, 0.3) is 0 Å². The van der Waals surface area contributed by atoms with Gasteiger partial charge in [0.15, 0.2) is 0 Å². The zero-order chi connectivity index (χ0) is 9.26. The first kappa shape index (κ1) is 8.57. The van der Waals surface area contributed by atoms with Crippen LogP contribution in [0.15, 0.2) is 24.3 Å². The molecule has 0 saturated carbocycles. The van der Waals surface area contributed by atoms with Crippen molar-refractivity contribution >= 4 is 0 Å². The van der Waals surface area contributed by atoms with E-state index in [0.29, 0.717) is 11.8 Å². The van der Waals surface area contributed by atoms with Crippen LogP contribution in [-0.2, 0) is 0 Å². The summed E-state index contributed by atoms with van der Waals surface area (Å²) in [5.74, 6) is 1.10. The molecule has 0 bridgehead atoms. The van der Waals surface area contributed by atoms with Crippen LogP contribution in [0.1, 0.15) is 24.9 Å². The lowest BCUT2D eigenvalue weighted by atomic mass is 10.0. The second-order valence-corrected chi connectivity index (χ2v) is 3.90. The molecule has 1 aliphatic heterocycles. The third-order valence-corrected chi connectivity index (χ3v) is 2.62. The first-order chi connectivity index (χ1) is 6.25. The average molecular weight is 177 g/mol. The summed E-state index contributed by atoms with van der Waals surface area (Å²) in [4.78, 5) is 0. The lowest BCUT2D eigenvalue weighted by Gasteiger charge is -2.10. The molecular formula is C11H15NO. The minimum Gasteiger partial charge on any atom is -0.508 e. The highest BCUT2D eigenvalue weighted by atomic mass is 16.3. The summed E-state index contributed by atoms with van der Waals surface area (Å²) in [6, 6.07) is 7.95. The Morgan fingerprint density at radius 3 is 2.92 bits per heavy atom. The summed E-state index contributed by atoms with van der Waals surface area (Å²) < 4.78 is 0. The van der Waals surface area contributed by atoms with E-state index in [1.54, 1.807) is 6.07 Å². The lowest BCUT2D eigenvalue weighted by molar-refractivity contribution is 0.473. The summed E-state index contributed by atoms with van der Waals surface area (Å²) in [5.41, 5.74) is 1.20. The molecule has 0 aromatic heterocycles. The molecule has 1 saturated heterocycles. The van der Waals surface area contributed by atoms with E-state index in [1.165, 1.54) is 12.0 Å². The van der Waals surface area contributed by atoms with Gasteiger partial charge < -0.3 is 10.4 Å². The summed E-state index contributed by atoms with van der Waals surface area (Å²) in [6.45, 7) is 3.33. The molecule has 0 aliphatic carbocycles. The molecule has 0 spiro atoms. The predicted molar refractivity (Wildman–Crippen MR) is 52.6 cm³/mol. The predicted octanol–water partition coefficient (Wildman–Crippen LogP) is 2.06. The maximum atomic E-state index is 9.31. The highest BCUT2D eigenvalue weighted by Gasteiger charge is 2.21. The van der Waals surface area contributed by atoms with Crippen LogP contribution in [0.5, 0.6) is 5.75 Å². The molecule has 2 heteroatoms. The summed E-state index contributed by atoms with van der Waals surface area (Å²) in [6.07, 6.45) is 1.17. The van der Waals surface area contributed by atoms with Gasteiger partial charge in [0.2, 0.25) is 0 Å². The van der Waals surface area contributed by atoms with Crippen LogP contribution in [0.4, 0.5) is 0 Å². The first-order valence-electron chi connectivity index (χ1n) is 4.78. The molecule has 1 aromatic carbocycles. The minimum atomic E-state index is 0.360. The van der Waals surface area contributed by atoms with Gasteiger partial charge in [-0.05, 0) is 36.6 Å². The number of nitrogens with one attached hydrogen (secondary N) is 1. The van der Waals surface area contributed by atoms with E-state index in [4.69, 9.17) is 0 Å². The quantitative estimate of drug-likeness (QED) is 0.688. The topological polar surface area (TPSA) is 32.3 Å². The third-order valence-electron chi connectivity index (χ3n) is 2.62. The monoisotopic (exact) mass is 177 g/mol. The molecule has 2 atom stereocenters. The second-order valence-electron chi connectivity index (χ2n) is 3.90. The maximum Gasteiger partial charge on any atom is 0.115 e. The van der Waals surface area contributed by atoms with E-state index in [0.717, 1.165) is 12.5 Å². The van der Waals surface area contributed by atoms with Gasteiger partial charge in [-0.2, -0.15) is 0 Å². The fourth-order valence-electron chi connectivity index (χ4n) is 1.91. The smallest absolute Gasteiger partial charge is 0.115 e. The standard InChI is InChI=1S/C11H15NO/c1-8-5-11(12-7-8)9-3-2-4-10(13)6-9/h2-4,6,8,11-13H,5,7H2,1H3/t8-,11+/m0/s1. The Kier molecular flexibility index (Phi) is 2.23. The van der Waals surface area contributed by atoms with Crippen LogP contribution in [0, 0.1) is 5.92 Å². The van der Waals surface area contributed by atoms with Crippen molar-refractivity contribution in [3.8, 4) is 5.75 Å². The van der Waals surface area contributed by atoms with Crippen molar-refractivity contribution in [2.75, 3.05) is 6.54 Å². The van der Waals surface area contributed by atoms with Crippen molar-refractivity contribution < 1.29 is 5.11 Å². The van der Waals surface area contributed by atoms with Gasteiger partial charge in [-0.15, -0.1) is 0 Å². The number of rotatable bonds is 1. The Labute approximate surface area is 78.6 Å². The molecule has 1 heterocycles. The van der Waals surface area contributed by atoms with Crippen molar-refractivity contribution in [1.29, 1.82) is 0 Å². The van der Waals surface area contributed by atoms with Crippen LogP contribution < -0.4 is 5.32 Å². The van der Waals surface area contributed by atoms with E-state index in [-0.39, 0.29) is 0 Å². The lowest BCUT2D eigenvalue weighted by Crippen LogP contribution is -2.13. The van der Waals surface area contributed by atoms with E-state index in [1.807, 2.05) is 12.1 Å². The van der Waals surface area contributed by atoms with E-state index < -0.39 is 0 Å². The number of phenolic OH excluding ortho intramolecular Hbond substituents is 1. The summed E-state index contributed by atoms with van der Waals surface area (Å²) in [5, 5.41) is 12.8. The number of phenols is 1. The highest BCUT2D eigenvalue weighted by Crippen LogP contribution is 2.28. The molecule has 70 valence electrons. The van der Waals surface area contributed by atoms with Crippen LogP contribution in [-0.4, -0.2) is 11.7 Å². The van der Waals surface area contributed by atoms with Crippen molar-refractivity contribution in [1.82, 2.24) is 5.32 Å². The summed E-state index contributed by atoms with van der Waals surface area (Å²) >= 11 is 0. The third kappa shape index (κ3) is 1.83. The fraction of sp³-hybridized carbons (Fsp3) is 0.455. The van der Waals surface area contributed by atoms with E-state index >= 15 is 0 Å². The van der Waals surface area contributed by atoms with Gasteiger partial charge in [-0.3, -0.25) is 0 Å². The minimum absolute atomic E-state index is 0.360. The number of hydrogen-bond donors (Lipinski definition) is 2. The van der Waals surface area contributed by atoms with Crippen LogP contribution in [0.3, 0.4) is 0 Å². The number of hydrogen-bond acceptors (Lipinski definition) is 2. The summed E-state index contributed by atoms with van der Waals surface area (Å²) in [7, 11) is 0. The van der Waals surface area contributed by atoms with Crippen LogP contribution >= 0.6 is 0 Å². The molecule has 2 N–H and O–H groups in total. The van der Waals surface area contributed by atoms with Crippen molar-refractivity contribution in [2.45, 2.75) is 19.4 Å². The molecule has 2 nitrogen and oxygen atoms in total. The normalized spacial score (nSPS) is 27.8. The van der Waals surface area contributed by atoms with Gasteiger partial charge >= 0.3 is 0 Å². The Balaban J connectivity index is 2.16. The molecule has 0 amide bonds.